The summed E-state index contributed by atoms with van der Waals surface area (Å²) in [5.74, 6) is -0.399. The Labute approximate surface area is 126 Å². The zero-order chi connectivity index (χ0) is 15.4. The first-order valence-electron chi connectivity index (χ1n) is 7.97. The molecule has 6 nitrogen and oxygen atoms in total. The van der Waals surface area contributed by atoms with E-state index in [0.717, 1.165) is 45.6 Å². The van der Waals surface area contributed by atoms with Gasteiger partial charge in [0, 0.05) is 45.2 Å². The van der Waals surface area contributed by atoms with Crippen molar-refractivity contribution in [2.45, 2.75) is 38.6 Å². The Hall–Kier alpha value is -1.30. The van der Waals surface area contributed by atoms with Gasteiger partial charge in [-0.05, 0) is 32.2 Å². The third-order valence-corrected chi connectivity index (χ3v) is 4.84. The number of carboxylic acids is 1. The predicted molar refractivity (Wildman–Crippen MR) is 80.2 cm³/mol. The van der Waals surface area contributed by atoms with Gasteiger partial charge in [-0.2, -0.15) is 0 Å². The van der Waals surface area contributed by atoms with Crippen LogP contribution in [0.15, 0.2) is 0 Å². The van der Waals surface area contributed by atoms with Crippen molar-refractivity contribution < 1.29 is 14.7 Å². The molecule has 0 radical (unpaired) electrons. The number of nitrogens with zero attached hydrogens (tertiary/aromatic N) is 3. The molecule has 0 aromatic carbocycles. The molecule has 0 spiro atoms. The van der Waals surface area contributed by atoms with Gasteiger partial charge in [-0.3, -0.25) is 9.69 Å². The van der Waals surface area contributed by atoms with Crippen molar-refractivity contribution in [3.05, 3.63) is 0 Å². The standard InChI is InChI=1S/C15H27N3O3/c1-3-13-11-18(9-8-16(13)2)15(21)17-7-6-12(10-17)4-5-14(19)20/h12-13H,3-11H2,1-2H3,(H,19,20). The van der Waals surface area contributed by atoms with Crippen molar-refractivity contribution >= 4 is 12.0 Å². The number of likely N-dealkylation sites (N-methyl/N-ethyl adjacent to an activating group) is 1. The molecule has 6 heteroatoms. The van der Waals surface area contributed by atoms with E-state index < -0.39 is 5.97 Å². The predicted octanol–water partition coefficient (Wildman–Crippen LogP) is 1.32. The lowest BCUT2D eigenvalue weighted by Gasteiger charge is -2.40. The van der Waals surface area contributed by atoms with Gasteiger partial charge in [0.1, 0.15) is 0 Å². The van der Waals surface area contributed by atoms with Crippen LogP contribution in [0.25, 0.3) is 0 Å². The molecule has 0 bridgehead atoms. The molecule has 2 unspecified atom stereocenters. The molecule has 21 heavy (non-hydrogen) atoms. The van der Waals surface area contributed by atoms with Gasteiger partial charge in [-0.15, -0.1) is 0 Å². The van der Waals surface area contributed by atoms with Gasteiger partial charge in [0.25, 0.3) is 0 Å². The summed E-state index contributed by atoms with van der Waals surface area (Å²) < 4.78 is 0. The zero-order valence-corrected chi connectivity index (χ0v) is 13.1. The molecule has 2 aliphatic rings. The van der Waals surface area contributed by atoms with Gasteiger partial charge < -0.3 is 14.9 Å². The molecule has 2 heterocycles. The Morgan fingerprint density at radius 1 is 1.14 bits per heavy atom. The van der Waals surface area contributed by atoms with E-state index in [2.05, 4.69) is 18.9 Å². The van der Waals surface area contributed by atoms with Gasteiger partial charge in [0.05, 0.1) is 0 Å². The second-order valence-corrected chi connectivity index (χ2v) is 6.30. The van der Waals surface area contributed by atoms with Crippen LogP contribution in [0, 0.1) is 5.92 Å². The maximum absolute atomic E-state index is 12.6. The Morgan fingerprint density at radius 2 is 1.86 bits per heavy atom. The fraction of sp³-hybridized carbons (Fsp3) is 0.867. The Balaban J connectivity index is 1.82. The molecule has 0 aliphatic carbocycles. The second-order valence-electron chi connectivity index (χ2n) is 6.30. The highest BCUT2D eigenvalue weighted by molar-refractivity contribution is 5.75. The van der Waals surface area contributed by atoms with Crippen LogP contribution < -0.4 is 0 Å². The third-order valence-electron chi connectivity index (χ3n) is 4.84. The molecule has 2 rings (SSSR count). The molecule has 2 amide bonds. The van der Waals surface area contributed by atoms with Crippen molar-refractivity contribution in [2.75, 3.05) is 39.8 Å². The Morgan fingerprint density at radius 3 is 2.52 bits per heavy atom. The maximum Gasteiger partial charge on any atom is 0.320 e. The summed E-state index contributed by atoms with van der Waals surface area (Å²) in [5, 5.41) is 8.74. The summed E-state index contributed by atoms with van der Waals surface area (Å²) in [4.78, 5) is 29.4. The van der Waals surface area contributed by atoms with E-state index >= 15 is 0 Å². The van der Waals surface area contributed by atoms with E-state index in [9.17, 15) is 9.59 Å². The molecule has 120 valence electrons. The number of hydrogen-bond acceptors (Lipinski definition) is 3. The normalized spacial score (nSPS) is 27.1. The lowest BCUT2D eigenvalue weighted by atomic mass is 10.0. The largest absolute Gasteiger partial charge is 0.481 e. The summed E-state index contributed by atoms with van der Waals surface area (Å²) in [7, 11) is 2.12. The molecule has 0 aromatic heterocycles. The third kappa shape index (κ3) is 4.09. The lowest BCUT2D eigenvalue weighted by Crippen LogP contribution is -2.55. The van der Waals surface area contributed by atoms with Crippen LogP contribution in [0.2, 0.25) is 0 Å². The van der Waals surface area contributed by atoms with Crippen LogP contribution in [0.5, 0.6) is 0 Å². The minimum Gasteiger partial charge on any atom is -0.481 e. The average Bonchev–Trinajstić information content (AvgIpc) is 2.93. The van der Waals surface area contributed by atoms with E-state index in [0.29, 0.717) is 18.4 Å². The van der Waals surface area contributed by atoms with Gasteiger partial charge in [-0.1, -0.05) is 6.92 Å². The topological polar surface area (TPSA) is 64.1 Å². The number of hydrogen-bond donors (Lipinski definition) is 1. The van der Waals surface area contributed by atoms with E-state index in [4.69, 9.17) is 5.11 Å². The van der Waals surface area contributed by atoms with Gasteiger partial charge in [0.15, 0.2) is 0 Å². The van der Waals surface area contributed by atoms with E-state index in [1.54, 1.807) is 0 Å². The Bertz CT molecular complexity index is 388. The van der Waals surface area contributed by atoms with Crippen molar-refractivity contribution in [1.29, 1.82) is 0 Å². The molecular formula is C15H27N3O3. The quantitative estimate of drug-likeness (QED) is 0.850. The van der Waals surface area contributed by atoms with Crippen LogP contribution in [0.1, 0.15) is 32.6 Å². The molecule has 0 aromatic rings. The fourth-order valence-electron chi connectivity index (χ4n) is 3.33. The summed E-state index contributed by atoms with van der Waals surface area (Å²) >= 11 is 0. The number of likely N-dealkylation sites (tertiary alicyclic amines) is 1. The SMILES string of the molecule is CCC1CN(C(=O)N2CCC(CCC(=O)O)C2)CCN1C. The van der Waals surface area contributed by atoms with Crippen LogP contribution in [0.3, 0.4) is 0 Å². The minimum atomic E-state index is -0.746. The van der Waals surface area contributed by atoms with Crippen molar-refractivity contribution in [1.82, 2.24) is 14.7 Å². The fourth-order valence-corrected chi connectivity index (χ4v) is 3.33. The zero-order valence-electron chi connectivity index (χ0n) is 13.1. The highest BCUT2D eigenvalue weighted by Gasteiger charge is 2.32. The van der Waals surface area contributed by atoms with Crippen molar-refractivity contribution in [3.8, 4) is 0 Å². The number of rotatable bonds is 4. The highest BCUT2D eigenvalue weighted by Crippen LogP contribution is 2.23. The van der Waals surface area contributed by atoms with Gasteiger partial charge in [-0.25, -0.2) is 4.79 Å². The molecule has 1 N–H and O–H groups in total. The highest BCUT2D eigenvalue weighted by atomic mass is 16.4. The monoisotopic (exact) mass is 297 g/mol. The Kier molecular flexibility index (Phi) is 5.45. The van der Waals surface area contributed by atoms with Crippen LogP contribution in [-0.2, 0) is 4.79 Å². The number of urea groups is 1. The molecule has 2 aliphatic heterocycles. The molecule has 0 saturated carbocycles. The maximum atomic E-state index is 12.6. The van der Waals surface area contributed by atoms with Crippen molar-refractivity contribution in [2.24, 2.45) is 5.92 Å². The molecule has 2 saturated heterocycles. The van der Waals surface area contributed by atoms with Crippen LogP contribution >= 0.6 is 0 Å². The molecular weight excluding hydrogens is 270 g/mol. The first-order valence-corrected chi connectivity index (χ1v) is 7.97. The van der Waals surface area contributed by atoms with Crippen LogP contribution in [0.4, 0.5) is 4.79 Å². The molecule has 2 fully saturated rings. The van der Waals surface area contributed by atoms with Gasteiger partial charge in [0.2, 0.25) is 0 Å². The van der Waals surface area contributed by atoms with Crippen molar-refractivity contribution in [3.63, 3.8) is 0 Å². The number of carboxylic acid groups (broad SMARTS) is 1. The first kappa shape index (κ1) is 16.1. The number of aliphatic carboxylic acids is 1. The molecule has 2 atom stereocenters. The van der Waals surface area contributed by atoms with E-state index in [-0.39, 0.29) is 12.5 Å². The number of piperazine rings is 1. The van der Waals surface area contributed by atoms with Crippen LogP contribution in [-0.4, -0.2) is 77.6 Å². The number of carbonyl (C=O) groups is 2. The summed E-state index contributed by atoms with van der Waals surface area (Å²) in [6, 6.07) is 0.590. The number of carbonyl (C=O) groups excluding carboxylic acids is 1. The smallest absolute Gasteiger partial charge is 0.320 e. The summed E-state index contributed by atoms with van der Waals surface area (Å²) in [6.45, 7) is 6.18. The summed E-state index contributed by atoms with van der Waals surface area (Å²) in [6.07, 6.45) is 2.88. The summed E-state index contributed by atoms with van der Waals surface area (Å²) in [5.41, 5.74) is 0. The minimum absolute atomic E-state index is 0.138. The number of amides is 2. The van der Waals surface area contributed by atoms with E-state index in [1.807, 2.05) is 9.80 Å². The second kappa shape index (κ2) is 7.11. The first-order chi connectivity index (χ1) is 10.0. The average molecular weight is 297 g/mol. The van der Waals surface area contributed by atoms with E-state index in [1.165, 1.54) is 0 Å². The van der Waals surface area contributed by atoms with Gasteiger partial charge >= 0.3 is 12.0 Å². The lowest BCUT2D eigenvalue weighted by molar-refractivity contribution is -0.137.